The van der Waals surface area contributed by atoms with Gasteiger partial charge >= 0.3 is 124 Å². The molecule has 2 N–H and O–H groups in total. The van der Waals surface area contributed by atoms with Crippen molar-refractivity contribution in [1.29, 1.82) is 0 Å². The minimum absolute atomic E-state index is 0.0143. The molecule has 4 nitrogen and oxygen atoms in total. The third-order valence-corrected chi connectivity index (χ3v) is 11.1. The van der Waals surface area contributed by atoms with Crippen LogP contribution in [0.2, 0.25) is 0 Å². The van der Waals surface area contributed by atoms with E-state index >= 15 is 0 Å². The van der Waals surface area contributed by atoms with E-state index in [0.717, 1.165) is 12.8 Å². The molecule has 2 heterocycles. The quantitative estimate of drug-likeness (QED) is 0.168. The van der Waals surface area contributed by atoms with Crippen LogP contribution < -0.4 is 7.06 Å². The predicted molar refractivity (Wildman–Crippen MR) is 83.0 cm³/mol. The third kappa shape index (κ3) is 2.02. The summed E-state index contributed by atoms with van der Waals surface area (Å²) in [5, 5.41) is 0. The average molecular weight is 464 g/mol. The van der Waals surface area contributed by atoms with Crippen LogP contribution >= 0.6 is 43.0 Å². The number of alkyl halides is 2. The topological polar surface area (TPSA) is 70.2 Å². The fraction of sp³-hybridized carbons (Fsp3) is 0.909. The second-order valence-corrected chi connectivity index (χ2v) is 12.0. The number of halogens is 2. The van der Waals surface area contributed by atoms with Crippen LogP contribution in [0.15, 0.2) is 0 Å². The molecule has 3 rings (SSSR count). The molecule has 3 fully saturated rings. The Bertz CT molecular complexity index is 360. The minimum atomic E-state index is -1.09. The molecule has 3 aliphatic rings. The summed E-state index contributed by atoms with van der Waals surface area (Å²) in [5.41, 5.74) is -0.221. The van der Waals surface area contributed by atoms with E-state index in [1.807, 2.05) is 6.92 Å². The predicted octanol–water partition coefficient (Wildman–Crippen LogP) is 2.64. The van der Waals surface area contributed by atoms with Crippen LogP contribution in [-0.4, -0.2) is 18.7 Å². The summed E-state index contributed by atoms with van der Waals surface area (Å²) in [4.78, 5) is 12.4. The van der Waals surface area contributed by atoms with Crippen molar-refractivity contribution in [1.82, 2.24) is 7.06 Å². The standard InChI is InChI=1S/C11H18I2N2O2/c1-9(6-4-3-5-7-9)17-8(16)10(2,12)11-13(14-11)15-11/h14-15H,3-7H2,1-2H3. The van der Waals surface area contributed by atoms with Gasteiger partial charge in [0.15, 0.2) is 0 Å². The van der Waals surface area contributed by atoms with Gasteiger partial charge in [-0.25, -0.2) is 0 Å². The van der Waals surface area contributed by atoms with Crippen LogP contribution in [-0.2, 0) is 9.53 Å². The van der Waals surface area contributed by atoms with E-state index in [0.29, 0.717) is 0 Å². The Kier molecular flexibility index (Phi) is 2.97. The monoisotopic (exact) mass is 464 g/mol. The number of carbonyl (C=O) groups excluding carboxylic acids is 1. The summed E-state index contributed by atoms with van der Waals surface area (Å²) in [6.07, 6.45) is 5.67. The first-order chi connectivity index (χ1) is 7.90. The normalized spacial score (nSPS) is 33.2. The van der Waals surface area contributed by atoms with Crippen LogP contribution in [0, 0.1) is 0 Å². The number of nitrogens with one attached hydrogen (secondary N) is 2. The van der Waals surface area contributed by atoms with Gasteiger partial charge in [-0.3, -0.25) is 0 Å². The Balaban J connectivity index is 1.66. The number of fused-ring (bicyclic) bond motifs is 1. The van der Waals surface area contributed by atoms with Gasteiger partial charge in [0, 0.05) is 0 Å². The maximum absolute atomic E-state index is 12.4. The zero-order chi connectivity index (χ0) is 12.3. The van der Waals surface area contributed by atoms with Gasteiger partial charge in [-0.1, -0.05) is 0 Å². The van der Waals surface area contributed by atoms with E-state index in [-0.39, 0.29) is 15.2 Å². The second-order valence-electron chi connectivity index (χ2n) is 5.53. The Hall–Kier alpha value is 0.850. The van der Waals surface area contributed by atoms with Gasteiger partial charge in [0.05, 0.1) is 0 Å². The van der Waals surface area contributed by atoms with E-state index in [1.165, 1.54) is 19.3 Å². The molecule has 0 aromatic rings. The first-order valence-corrected chi connectivity index (χ1v) is 10.4. The van der Waals surface area contributed by atoms with Crippen molar-refractivity contribution >= 4 is 48.9 Å². The van der Waals surface area contributed by atoms with E-state index in [9.17, 15) is 4.79 Å². The summed E-state index contributed by atoms with van der Waals surface area (Å²) in [6, 6.07) is 0. The molecule has 1 unspecified atom stereocenters. The van der Waals surface area contributed by atoms with Crippen molar-refractivity contribution in [3.8, 4) is 0 Å². The molecule has 6 heteroatoms. The molecule has 0 aromatic carbocycles. The zero-order valence-corrected chi connectivity index (χ0v) is 14.4. The molecule has 0 bridgehead atoms. The Morgan fingerprint density at radius 2 is 1.88 bits per heavy atom. The molecule has 0 amide bonds. The summed E-state index contributed by atoms with van der Waals surface area (Å²) in [6.45, 7) is 4.08. The van der Waals surface area contributed by atoms with Crippen molar-refractivity contribution in [2.75, 3.05) is 0 Å². The number of hydrogen-bond acceptors (Lipinski definition) is 4. The number of hydrogen-bond donors (Lipinski definition) is 2. The van der Waals surface area contributed by atoms with Gasteiger partial charge < -0.3 is 0 Å². The second kappa shape index (κ2) is 3.92. The van der Waals surface area contributed by atoms with Gasteiger partial charge in [0.2, 0.25) is 0 Å². The van der Waals surface area contributed by atoms with Gasteiger partial charge in [-0.05, 0) is 0 Å². The summed E-state index contributed by atoms with van der Waals surface area (Å²) in [5.74, 6) is -0.0419. The molecule has 0 spiro atoms. The fourth-order valence-corrected chi connectivity index (χ4v) is 10.2. The summed E-state index contributed by atoms with van der Waals surface area (Å²) in [7, 11) is 0. The van der Waals surface area contributed by atoms with Crippen molar-refractivity contribution in [3.63, 3.8) is 0 Å². The van der Waals surface area contributed by atoms with E-state index in [1.54, 1.807) is 0 Å². The van der Waals surface area contributed by atoms with Crippen molar-refractivity contribution in [2.45, 2.75) is 58.6 Å². The summed E-state index contributed by atoms with van der Waals surface area (Å²) < 4.78 is 12.2. The molecule has 0 radical (unpaired) electrons. The molecule has 0 aromatic heterocycles. The number of esters is 1. The molecule has 1 saturated carbocycles. The number of ether oxygens (including phenoxy) is 1. The first-order valence-electron chi connectivity index (χ1n) is 6.08. The summed E-state index contributed by atoms with van der Waals surface area (Å²) >= 11 is 1.17. The molecular formula is C11H18I2N2O2. The molecule has 2 saturated heterocycles. The molecule has 98 valence electrons. The SMILES string of the molecule is CC1(OC(=O)C(C)(I)C23NI2N3)CCCCC1. The Morgan fingerprint density at radius 1 is 1.35 bits per heavy atom. The van der Waals surface area contributed by atoms with Crippen molar-refractivity contribution < 1.29 is 9.53 Å². The maximum atomic E-state index is 12.4. The van der Waals surface area contributed by atoms with Crippen LogP contribution in [0.4, 0.5) is 0 Å². The van der Waals surface area contributed by atoms with Gasteiger partial charge in [0.25, 0.3) is 0 Å². The number of rotatable bonds is 3. The average Bonchev–Trinajstić information content (AvgIpc) is 3.04. The first kappa shape index (κ1) is 12.9. The van der Waals surface area contributed by atoms with E-state index in [2.05, 4.69) is 36.6 Å². The van der Waals surface area contributed by atoms with Crippen molar-refractivity contribution in [3.05, 3.63) is 0 Å². The Labute approximate surface area is 123 Å². The van der Waals surface area contributed by atoms with Crippen LogP contribution in [0.1, 0.15) is 46.0 Å². The molecule has 17 heavy (non-hydrogen) atoms. The fourth-order valence-electron chi connectivity index (χ4n) is 2.44. The zero-order valence-electron chi connectivity index (χ0n) is 10.1. The molecule has 1 atom stereocenters. The molecule has 2 aliphatic heterocycles. The van der Waals surface area contributed by atoms with E-state index < -0.39 is 23.8 Å². The number of carbonyl (C=O) groups is 1. The molecule has 1 aliphatic carbocycles. The van der Waals surface area contributed by atoms with Crippen LogP contribution in [0.25, 0.3) is 0 Å². The van der Waals surface area contributed by atoms with Crippen molar-refractivity contribution in [2.24, 2.45) is 0 Å². The van der Waals surface area contributed by atoms with Gasteiger partial charge in [0.1, 0.15) is 0 Å². The van der Waals surface area contributed by atoms with Gasteiger partial charge in [-0.15, -0.1) is 0 Å². The molecular weight excluding hydrogens is 446 g/mol. The van der Waals surface area contributed by atoms with Gasteiger partial charge in [-0.2, -0.15) is 0 Å². The third-order valence-electron chi connectivity index (χ3n) is 3.94. The van der Waals surface area contributed by atoms with Crippen LogP contribution in [0.5, 0.6) is 0 Å². The Morgan fingerprint density at radius 3 is 2.35 bits per heavy atom. The van der Waals surface area contributed by atoms with E-state index in [4.69, 9.17) is 4.74 Å². The van der Waals surface area contributed by atoms with Crippen LogP contribution in [0.3, 0.4) is 0 Å².